The summed E-state index contributed by atoms with van der Waals surface area (Å²) >= 11 is 0. The Morgan fingerprint density at radius 2 is 2.08 bits per heavy atom. The zero-order chi connectivity index (χ0) is 17.5. The normalized spacial score (nSPS) is 14.2. The highest BCUT2D eigenvalue weighted by atomic mass is 16.5. The molecule has 130 valence electrons. The molecule has 1 aliphatic heterocycles. The summed E-state index contributed by atoms with van der Waals surface area (Å²) in [6.45, 7) is 0.288. The van der Waals surface area contributed by atoms with Gasteiger partial charge in [-0.2, -0.15) is 0 Å². The number of ether oxygens (including phenoxy) is 1. The minimum Gasteiger partial charge on any atom is -0.495 e. The number of hydrogen-bond acceptors (Lipinski definition) is 5. The number of benzene rings is 1. The van der Waals surface area contributed by atoms with Crippen molar-refractivity contribution in [3.8, 4) is 5.75 Å². The number of rotatable bonds is 6. The molecule has 8 heteroatoms. The third kappa shape index (κ3) is 4.45. The predicted molar refractivity (Wildman–Crippen MR) is 89.9 cm³/mol. The number of piperidine rings is 1. The summed E-state index contributed by atoms with van der Waals surface area (Å²) in [5, 5.41) is 5.07. The molecule has 0 atom stereocenters. The van der Waals surface area contributed by atoms with Gasteiger partial charge in [-0.05, 0) is 31.0 Å². The van der Waals surface area contributed by atoms with Crippen molar-refractivity contribution >= 4 is 29.1 Å². The van der Waals surface area contributed by atoms with Gasteiger partial charge in [0, 0.05) is 18.7 Å². The molecule has 1 aliphatic rings. The zero-order valence-electron chi connectivity index (χ0n) is 13.6. The Labute approximate surface area is 140 Å². The summed E-state index contributed by atoms with van der Waals surface area (Å²) in [4.78, 5) is 36.7. The van der Waals surface area contributed by atoms with Crippen molar-refractivity contribution in [1.29, 1.82) is 0 Å². The second kappa shape index (κ2) is 8.30. The van der Waals surface area contributed by atoms with Gasteiger partial charge in [0.1, 0.15) is 5.75 Å². The van der Waals surface area contributed by atoms with Crippen molar-refractivity contribution in [3.05, 3.63) is 18.2 Å². The molecule has 4 N–H and O–H groups in total. The molecular weight excluding hydrogens is 312 g/mol. The SMILES string of the molecule is COc1ccc(NC(=O)CNC(=O)CN)cc1N1CCCCC1=O. The van der Waals surface area contributed by atoms with Crippen LogP contribution in [0.2, 0.25) is 0 Å². The molecule has 1 fully saturated rings. The highest BCUT2D eigenvalue weighted by Crippen LogP contribution is 2.33. The summed E-state index contributed by atoms with van der Waals surface area (Å²) in [6, 6.07) is 5.08. The lowest BCUT2D eigenvalue weighted by molar-refractivity contribution is -0.123. The molecule has 2 rings (SSSR count). The molecule has 0 saturated carbocycles. The van der Waals surface area contributed by atoms with Crippen LogP contribution in [0.4, 0.5) is 11.4 Å². The van der Waals surface area contributed by atoms with Crippen LogP contribution in [0.5, 0.6) is 5.75 Å². The Hall–Kier alpha value is -2.61. The summed E-state index contributed by atoms with van der Waals surface area (Å²) in [7, 11) is 1.54. The van der Waals surface area contributed by atoms with Crippen LogP contribution in [-0.2, 0) is 14.4 Å². The van der Waals surface area contributed by atoms with E-state index in [1.807, 2.05) is 0 Å². The third-order valence-corrected chi connectivity index (χ3v) is 3.71. The monoisotopic (exact) mass is 334 g/mol. The van der Waals surface area contributed by atoms with Gasteiger partial charge < -0.3 is 26.0 Å². The first-order valence-corrected chi connectivity index (χ1v) is 7.80. The largest absolute Gasteiger partial charge is 0.495 e. The molecule has 1 aromatic rings. The molecule has 24 heavy (non-hydrogen) atoms. The Kier molecular flexibility index (Phi) is 6.14. The van der Waals surface area contributed by atoms with Crippen molar-refractivity contribution in [1.82, 2.24) is 5.32 Å². The van der Waals surface area contributed by atoms with Crippen molar-refractivity contribution in [2.24, 2.45) is 5.73 Å². The van der Waals surface area contributed by atoms with Gasteiger partial charge in [0.2, 0.25) is 17.7 Å². The van der Waals surface area contributed by atoms with E-state index in [9.17, 15) is 14.4 Å². The number of anilines is 2. The number of amides is 3. The summed E-state index contributed by atoms with van der Waals surface area (Å²) < 4.78 is 5.32. The van der Waals surface area contributed by atoms with Crippen LogP contribution in [0.25, 0.3) is 0 Å². The second-order valence-electron chi connectivity index (χ2n) is 5.42. The second-order valence-corrected chi connectivity index (χ2v) is 5.42. The number of hydrogen-bond donors (Lipinski definition) is 3. The smallest absolute Gasteiger partial charge is 0.243 e. The van der Waals surface area contributed by atoms with E-state index in [0.29, 0.717) is 30.1 Å². The first-order valence-electron chi connectivity index (χ1n) is 7.80. The fourth-order valence-electron chi connectivity index (χ4n) is 2.50. The van der Waals surface area contributed by atoms with Crippen LogP contribution in [-0.4, -0.2) is 44.5 Å². The standard InChI is InChI=1S/C16H22N4O4/c1-24-13-6-5-11(19-15(22)10-18-14(21)9-17)8-12(13)20-7-3-2-4-16(20)23/h5-6,8H,2-4,7,9-10,17H2,1H3,(H,18,21)(H,19,22). The Morgan fingerprint density at radius 1 is 1.29 bits per heavy atom. The van der Waals surface area contributed by atoms with E-state index in [-0.39, 0.29) is 24.9 Å². The van der Waals surface area contributed by atoms with Crippen molar-refractivity contribution in [2.75, 3.05) is 37.0 Å². The van der Waals surface area contributed by atoms with E-state index in [2.05, 4.69) is 10.6 Å². The molecule has 1 aromatic carbocycles. The number of nitrogens with zero attached hydrogens (tertiary/aromatic N) is 1. The lowest BCUT2D eigenvalue weighted by Crippen LogP contribution is -2.37. The van der Waals surface area contributed by atoms with Gasteiger partial charge in [0.25, 0.3) is 0 Å². The molecule has 0 aliphatic carbocycles. The average molecular weight is 334 g/mol. The molecule has 1 saturated heterocycles. The van der Waals surface area contributed by atoms with Crippen LogP contribution in [0, 0.1) is 0 Å². The summed E-state index contributed by atoms with van der Waals surface area (Å²) in [6.07, 6.45) is 2.32. The predicted octanol–water partition coefficient (Wildman–Crippen LogP) is 0.226. The molecule has 1 heterocycles. The van der Waals surface area contributed by atoms with Gasteiger partial charge in [-0.15, -0.1) is 0 Å². The van der Waals surface area contributed by atoms with Crippen molar-refractivity contribution in [3.63, 3.8) is 0 Å². The van der Waals surface area contributed by atoms with E-state index in [0.717, 1.165) is 12.8 Å². The molecule has 0 aromatic heterocycles. The first-order chi connectivity index (χ1) is 11.5. The highest BCUT2D eigenvalue weighted by Gasteiger charge is 2.23. The molecule has 0 radical (unpaired) electrons. The minimum atomic E-state index is -0.403. The van der Waals surface area contributed by atoms with E-state index in [1.54, 1.807) is 23.1 Å². The summed E-state index contributed by atoms with van der Waals surface area (Å²) in [5.41, 5.74) is 6.32. The van der Waals surface area contributed by atoms with Crippen LogP contribution >= 0.6 is 0 Å². The number of methoxy groups -OCH3 is 1. The molecule has 8 nitrogen and oxygen atoms in total. The van der Waals surface area contributed by atoms with Crippen molar-refractivity contribution in [2.45, 2.75) is 19.3 Å². The van der Waals surface area contributed by atoms with E-state index < -0.39 is 5.91 Å². The maximum Gasteiger partial charge on any atom is 0.243 e. The number of nitrogens with two attached hydrogens (primary N) is 1. The number of nitrogens with one attached hydrogen (secondary N) is 2. The zero-order valence-corrected chi connectivity index (χ0v) is 13.6. The van der Waals surface area contributed by atoms with Gasteiger partial charge in [-0.1, -0.05) is 0 Å². The van der Waals surface area contributed by atoms with Gasteiger partial charge in [0.15, 0.2) is 0 Å². The van der Waals surface area contributed by atoms with E-state index in [4.69, 9.17) is 10.5 Å². The van der Waals surface area contributed by atoms with Crippen molar-refractivity contribution < 1.29 is 19.1 Å². The van der Waals surface area contributed by atoms with Gasteiger partial charge >= 0.3 is 0 Å². The lowest BCUT2D eigenvalue weighted by atomic mass is 10.1. The molecular formula is C16H22N4O4. The van der Waals surface area contributed by atoms with E-state index in [1.165, 1.54) is 7.11 Å². The quantitative estimate of drug-likeness (QED) is 0.689. The van der Waals surface area contributed by atoms with Crippen LogP contribution in [0.3, 0.4) is 0 Å². The molecule has 0 spiro atoms. The maximum absolute atomic E-state index is 12.1. The topological polar surface area (TPSA) is 114 Å². The highest BCUT2D eigenvalue weighted by molar-refractivity contribution is 5.98. The Balaban J connectivity index is 2.11. The summed E-state index contributed by atoms with van der Waals surface area (Å²) in [5.74, 6) is -0.171. The number of carbonyl (C=O) groups is 3. The van der Waals surface area contributed by atoms with Gasteiger partial charge in [-0.3, -0.25) is 14.4 Å². The van der Waals surface area contributed by atoms with Crippen LogP contribution < -0.4 is 26.0 Å². The Bertz CT molecular complexity index is 633. The molecule has 0 unspecified atom stereocenters. The molecule has 0 bridgehead atoms. The first kappa shape index (κ1) is 17.7. The van der Waals surface area contributed by atoms with Crippen LogP contribution in [0.1, 0.15) is 19.3 Å². The fourth-order valence-corrected chi connectivity index (χ4v) is 2.50. The lowest BCUT2D eigenvalue weighted by Gasteiger charge is -2.28. The maximum atomic E-state index is 12.1. The Morgan fingerprint density at radius 3 is 2.75 bits per heavy atom. The number of carbonyl (C=O) groups excluding carboxylic acids is 3. The average Bonchev–Trinajstić information content (AvgIpc) is 2.60. The minimum absolute atomic E-state index is 0.0400. The van der Waals surface area contributed by atoms with E-state index >= 15 is 0 Å². The van der Waals surface area contributed by atoms with Gasteiger partial charge in [-0.25, -0.2) is 0 Å². The van der Waals surface area contributed by atoms with Gasteiger partial charge in [0.05, 0.1) is 25.9 Å². The third-order valence-electron chi connectivity index (χ3n) is 3.71. The fraction of sp³-hybridized carbons (Fsp3) is 0.438. The molecule has 3 amide bonds. The van der Waals surface area contributed by atoms with Crippen LogP contribution in [0.15, 0.2) is 18.2 Å².